The lowest BCUT2D eigenvalue weighted by Gasteiger charge is -2.62. The SMILES string of the molecule is CC(C)OC(=O)Oc1ccc2c3c1O[C@H]1C(=O)CC[C@@]4(O)[C@@H](C2)N(CC2CC2)CC[C@]314. The fraction of sp³-hybridized carbons (Fsp3) is 0.667. The fourth-order valence-electron chi connectivity index (χ4n) is 6.64. The van der Waals surface area contributed by atoms with Gasteiger partial charge in [-0.25, -0.2) is 4.79 Å². The van der Waals surface area contributed by atoms with Gasteiger partial charge in [-0.15, -0.1) is 0 Å². The van der Waals surface area contributed by atoms with Gasteiger partial charge in [-0.1, -0.05) is 6.07 Å². The van der Waals surface area contributed by atoms with Crippen LogP contribution < -0.4 is 9.47 Å². The molecule has 31 heavy (non-hydrogen) atoms. The van der Waals surface area contributed by atoms with Crippen LogP contribution in [0.25, 0.3) is 0 Å². The van der Waals surface area contributed by atoms with Gasteiger partial charge in [-0.05, 0) is 70.0 Å². The van der Waals surface area contributed by atoms with Crippen molar-refractivity contribution in [3.05, 3.63) is 23.3 Å². The molecule has 0 amide bonds. The van der Waals surface area contributed by atoms with Crippen LogP contribution in [-0.2, 0) is 21.4 Å². The number of nitrogens with zero attached hydrogens (tertiary/aromatic N) is 1. The quantitative estimate of drug-likeness (QED) is 0.584. The van der Waals surface area contributed by atoms with Crippen LogP contribution in [0.4, 0.5) is 4.79 Å². The number of rotatable bonds is 4. The van der Waals surface area contributed by atoms with E-state index in [1.54, 1.807) is 19.9 Å². The van der Waals surface area contributed by atoms with Crippen molar-refractivity contribution in [1.29, 1.82) is 0 Å². The maximum atomic E-state index is 13.0. The van der Waals surface area contributed by atoms with Crippen LogP contribution >= 0.6 is 0 Å². The summed E-state index contributed by atoms with van der Waals surface area (Å²) >= 11 is 0. The predicted octanol–water partition coefficient (Wildman–Crippen LogP) is 2.74. The van der Waals surface area contributed by atoms with Crippen molar-refractivity contribution >= 4 is 11.9 Å². The van der Waals surface area contributed by atoms with E-state index in [2.05, 4.69) is 4.90 Å². The molecule has 1 spiro atoms. The van der Waals surface area contributed by atoms with Crippen molar-refractivity contribution in [2.75, 3.05) is 13.1 Å². The maximum Gasteiger partial charge on any atom is 0.514 e. The topological polar surface area (TPSA) is 85.3 Å². The third-order valence-corrected chi connectivity index (χ3v) is 8.07. The first-order valence-corrected chi connectivity index (χ1v) is 11.5. The molecule has 4 atom stereocenters. The molecule has 2 heterocycles. The van der Waals surface area contributed by atoms with Gasteiger partial charge in [-0.2, -0.15) is 0 Å². The molecule has 0 aromatic heterocycles. The molecule has 3 aliphatic carbocycles. The van der Waals surface area contributed by atoms with Crippen LogP contribution in [0.15, 0.2) is 12.1 Å². The van der Waals surface area contributed by atoms with E-state index in [0.717, 1.165) is 30.1 Å². The van der Waals surface area contributed by atoms with Crippen molar-refractivity contribution in [1.82, 2.24) is 4.90 Å². The number of hydrogen-bond acceptors (Lipinski definition) is 7. The van der Waals surface area contributed by atoms with Crippen LogP contribution in [0.3, 0.4) is 0 Å². The molecule has 1 N–H and O–H groups in total. The Hall–Kier alpha value is -2.12. The molecule has 5 aliphatic rings. The molecule has 166 valence electrons. The van der Waals surface area contributed by atoms with E-state index in [0.29, 0.717) is 31.4 Å². The highest BCUT2D eigenvalue weighted by Crippen LogP contribution is 2.65. The molecule has 1 aromatic rings. The van der Waals surface area contributed by atoms with E-state index in [-0.39, 0.29) is 23.7 Å². The summed E-state index contributed by atoms with van der Waals surface area (Å²) in [6.45, 7) is 5.37. The zero-order valence-electron chi connectivity index (χ0n) is 18.1. The van der Waals surface area contributed by atoms with Crippen molar-refractivity contribution in [3.63, 3.8) is 0 Å². The zero-order chi connectivity index (χ0) is 21.5. The molecular formula is C24H29NO6. The van der Waals surface area contributed by atoms with Crippen LogP contribution in [-0.4, -0.2) is 58.9 Å². The van der Waals surface area contributed by atoms with Gasteiger partial charge in [-0.3, -0.25) is 9.69 Å². The second-order valence-corrected chi connectivity index (χ2v) is 10.2. The van der Waals surface area contributed by atoms with Crippen LogP contribution in [0.5, 0.6) is 11.5 Å². The Morgan fingerprint density at radius 1 is 1.32 bits per heavy atom. The number of ketones is 1. The second-order valence-electron chi connectivity index (χ2n) is 10.2. The first-order valence-electron chi connectivity index (χ1n) is 11.5. The summed E-state index contributed by atoms with van der Waals surface area (Å²) < 4.78 is 16.9. The van der Waals surface area contributed by atoms with Crippen LogP contribution in [0.2, 0.25) is 0 Å². The lowest BCUT2D eigenvalue weighted by molar-refractivity contribution is -0.188. The van der Waals surface area contributed by atoms with Crippen molar-refractivity contribution in [3.8, 4) is 11.5 Å². The van der Waals surface area contributed by atoms with Gasteiger partial charge in [0.1, 0.15) is 0 Å². The third kappa shape index (κ3) is 2.59. The Kier molecular flexibility index (Phi) is 4.07. The van der Waals surface area contributed by atoms with Crippen LogP contribution in [0, 0.1) is 5.92 Å². The molecule has 7 heteroatoms. The first-order chi connectivity index (χ1) is 14.8. The Labute approximate surface area is 181 Å². The normalized spacial score (nSPS) is 35.5. The van der Waals surface area contributed by atoms with E-state index in [1.807, 2.05) is 6.07 Å². The average Bonchev–Trinajstić information content (AvgIpc) is 3.44. The monoisotopic (exact) mass is 427 g/mol. The number of hydrogen-bond donors (Lipinski definition) is 1. The van der Waals surface area contributed by atoms with Gasteiger partial charge in [0.05, 0.1) is 17.1 Å². The molecule has 0 radical (unpaired) electrons. The zero-order valence-corrected chi connectivity index (χ0v) is 18.1. The van der Waals surface area contributed by atoms with Crippen molar-refractivity contribution < 1.29 is 28.9 Å². The number of Topliss-reactive ketones (excluding diaryl/α,β-unsaturated/α-hetero) is 1. The number of likely N-dealkylation sites (tertiary alicyclic amines) is 1. The molecule has 2 saturated carbocycles. The average molecular weight is 427 g/mol. The van der Waals surface area contributed by atoms with E-state index in [9.17, 15) is 14.7 Å². The fourth-order valence-corrected chi connectivity index (χ4v) is 6.64. The Morgan fingerprint density at radius 2 is 2.13 bits per heavy atom. The highest BCUT2D eigenvalue weighted by molar-refractivity contribution is 5.90. The summed E-state index contributed by atoms with van der Waals surface area (Å²) in [4.78, 5) is 27.7. The summed E-state index contributed by atoms with van der Waals surface area (Å²) in [6.07, 6.45) is 2.87. The summed E-state index contributed by atoms with van der Waals surface area (Å²) in [6, 6.07) is 3.69. The lowest BCUT2D eigenvalue weighted by Crippen LogP contribution is -2.76. The first kappa shape index (κ1) is 19.6. The molecule has 7 nitrogen and oxygen atoms in total. The summed E-state index contributed by atoms with van der Waals surface area (Å²) in [5.74, 6) is 1.46. The van der Waals surface area contributed by atoms with E-state index in [1.165, 1.54) is 12.8 Å². The molecular weight excluding hydrogens is 398 g/mol. The predicted molar refractivity (Wildman–Crippen MR) is 110 cm³/mol. The second kappa shape index (κ2) is 6.45. The van der Waals surface area contributed by atoms with E-state index < -0.39 is 23.3 Å². The minimum Gasteiger partial charge on any atom is -0.477 e. The van der Waals surface area contributed by atoms with Gasteiger partial charge in [0.25, 0.3) is 0 Å². The minimum absolute atomic E-state index is 0.0165. The number of benzene rings is 1. The molecule has 2 aliphatic heterocycles. The highest BCUT2D eigenvalue weighted by Gasteiger charge is 2.73. The number of ether oxygens (including phenoxy) is 3. The highest BCUT2D eigenvalue weighted by atomic mass is 16.7. The standard InChI is InChI=1S/C24H29NO6/c1-13(2)29-22(27)30-17-6-5-15-11-18-24(28)8-7-16(26)21-23(24,19(15)20(17)31-21)9-10-25(18)12-14-3-4-14/h5-6,13-14,18,21,28H,3-4,7-12H2,1-2H3/t18-,21+,23+,24-/m1/s1. The van der Waals surface area contributed by atoms with Crippen LogP contribution in [0.1, 0.15) is 57.1 Å². The third-order valence-electron chi connectivity index (χ3n) is 8.07. The van der Waals surface area contributed by atoms with Gasteiger partial charge in [0.15, 0.2) is 23.4 Å². The molecule has 1 saturated heterocycles. The molecule has 6 rings (SSSR count). The molecule has 1 aromatic carbocycles. The summed E-state index contributed by atoms with van der Waals surface area (Å²) in [5, 5.41) is 12.2. The minimum atomic E-state index is -1.02. The molecule has 2 bridgehead atoms. The molecule has 0 unspecified atom stereocenters. The van der Waals surface area contributed by atoms with E-state index >= 15 is 0 Å². The lowest BCUT2D eigenvalue weighted by atomic mass is 9.49. The smallest absolute Gasteiger partial charge is 0.477 e. The number of aliphatic hydroxyl groups is 1. The largest absolute Gasteiger partial charge is 0.514 e. The number of carbonyl (C=O) groups is 2. The number of piperidine rings is 1. The Bertz CT molecular complexity index is 971. The van der Waals surface area contributed by atoms with Gasteiger partial charge >= 0.3 is 6.16 Å². The van der Waals surface area contributed by atoms with E-state index in [4.69, 9.17) is 14.2 Å². The summed E-state index contributed by atoms with van der Waals surface area (Å²) in [7, 11) is 0. The molecule has 3 fully saturated rings. The van der Waals surface area contributed by atoms with Crippen molar-refractivity contribution in [2.45, 2.75) is 81.6 Å². The summed E-state index contributed by atoms with van der Waals surface area (Å²) in [5.41, 5.74) is 0.183. The Balaban J connectivity index is 1.46. The van der Waals surface area contributed by atoms with Gasteiger partial charge in [0, 0.05) is 24.6 Å². The van der Waals surface area contributed by atoms with Crippen molar-refractivity contribution in [2.24, 2.45) is 5.92 Å². The number of carbonyl (C=O) groups excluding carboxylic acids is 2. The Morgan fingerprint density at radius 3 is 2.87 bits per heavy atom. The van der Waals surface area contributed by atoms with Gasteiger partial charge < -0.3 is 19.3 Å². The van der Waals surface area contributed by atoms with Gasteiger partial charge in [0.2, 0.25) is 0 Å². The maximum absolute atomic E-state index is 13.0.